The topological polar surface area (TPSA) is 62.2 Å². The molecule has 4 rings (SSSR count). The minimum Gasteiger partial charge on any atom is -0.491 e. The van der Waals surface area contributed by atoms with Crippen molar-refractivity contribution in [3.05, 3.63) is 134 Å². The van der Waals surface area contributed by atoms with Gasteiger partial charge in [-0.3, -0.25) is 4.90 Å². The molecule has 3 atom stereocenters. The first-order chi connectivity index (χ1) is 20.4. The molecule has 0 saturated heterocycles. The molecule has 222 valence electrons. The Morgan fingerprint density at radius 2 is 1.26 bits per heavy atom. The van der Waals surface area contributed by atoms with E-state index < -0.39 is 12.2 Å². The SMILES string of the molecule is C[C@H](Cc1ccc(OCCOCCc2ccccc2)cc1)N(C[C@@H](O)c1cccc(Br)c1)C[C@@H](O)c1cccc(Br)c1. The van der Waals surface area contributed by atoms with E-state index in [0.29, 0.717) is 32.9 Å². The first kappa shape index (κ1) is 32.4. The third-order valence-corrected chi connectivity index (χ3v) is 8.22. The van der Waals surface area contributed by atoms with Gasteiger partial charge in [0.25, 0.3) is 0 Å². The number of nitrogens with zero attached hydrogens (tertiary/aromatic N) is 1. The highest BCUT2D eigenvalue weighted by atomic mass is 79.9. The second kappa shape index (κ2) is 16.9. The van der Waals surface area contributed by atoms with Gasteiger partial charge in [0.05, 0.1) is 25.4 Å². The number of benzene rings is 4. The normalized spacial score (nSPS) is 13.6. The number of aliphatic hydroxyl groups is 2. The van der Waals surface area contributed by atoms with Crippen LogP contribution in [-0.2, 0) is 17.6 Å². The first-order valence-corrected chi connectivity index (χ1v) is 15.9. The quantitative estimate of drug-likeness (QED) is 0.119. The van der Waals surface area contributed by atoms with E-state index in [-0.39, 0.29) is 6.04 Å². The molecule has 0 radical (unpaired) electrons. The van der Waals surface area contributed by atoms with E-state index in [1.54, 1.807) is 0 Å². The molecule has 0 saturated carbocycles. The van der Waals surface area contributed by atoms with Gasteiger partial charge >= 0.3 is 0 Å². The second-order valence-corrected chi connectivity index (χ2v) is 12.3. The predicted octanol–water partition coefficient (Wildman–Crippen LogP) is 7.55. The summed E-state index contributed by atoms with van der Waals surface area (Å²) in [4.78, 5) is 2.16. The summed E-state index contributed by atoms with van der Waals surface area (Å²) >= 11 is 7.00. The third-order valence-electron chi connectivity index (χ3n) is 7.23. The molecule has 42 heavy (non-hydrogen) atoms. The molecule has 4 aromatic carbocycles. The van der Waals surface area contributed by atoms with E-state index in [1.165, 1.54) is 5.56 Å². The molecule has 0 fully saturated rings. The fourth-order valence-electron chi connectivity index (χ4n) is 4.86. The number of halogens is 2. The summed E-state index contributed by atoms with van der Waals surface area (Å²) in [5.41, 5.74) is 4.10. The lowest BCUT2D eigenvalue weighted by Gasteiger charge is -2.33. The first-order valence-electron chi connectivity index (χ1n) is 14.3. The van der Waals surface area contributed by atoms with Gasteiger partial charge in [-0.2, -0.15) is 0 Å². The summed E-state index contributed by atoms with van der Waals surface area (Å²) in [5, 5.41) is 22.2. The third kappa shape index (κ3) is 10.6. The Labute approximate surface area is 266 Å². The molecule has 0 amide bonds. The maximum absolute atomic E-state index is 11.1. The molecular formula is C35H39Br2NO4. The average molecular weight is 698 g/mol. The van der Waals surface area contributed by atoms with E-state index >= 15 is 0 Å². The summed E-state index contributed by atoms with van der Waals surface area (Å²) in [6, 6.07) is 34.0. The Morgan fingerprint density at radius 1 is 0.667 bits per heavy atom. The molecule has 0 heterocycles. The zero-order valence-electron chi connectivity index (χ0n) is 23.9. The van der Waals surface area contributed by atoms with Gasteiger partial charge in [0.2, 0.25) is 0 Å². The van der Waals surface area contributed by atoms with Crippen molar-refractivity contribution in [1.29, 1.82) is 0 Å². The molecule has 5 nitrogen and oxygen atoms in total. The molecule has 0 aliphatic rings. The lowest BCUT2D eigenvalue weighted by atomic mass is 10.0. The van der Waals surface area contributed by atoms with Gasteiger partial charge in [0, 0.05) is 28.1 Å². The van der Waals surface area contributed by atoms with Gasteiger partial charge in [-0.15, -0.1) is 0 Å². The van der Waals surface area contributed by atoms with Crippen molar-refractivity contribution < 1.29 is 19.7 Å². The molecule has 0 aromatic heterocycles. The molecule has 0 aliphatic carbocycles. The van der Waals surface area contributed by atoms with Crippen molar-refractivity contribution in [3.8, 4) is 5.75 Å². The van der Waals surface area contributed by atoms with E-state index in [9.17, 15) is 10.2 Å². The molecule has 2 N–H and O–H groups in total. The standard InChI is InChI=1S/C35H39Br2NO4/c1-26(21-28-13-15-33(16-14-28)42-20-19-41-18-17-27-7-3-2-4-8-27)38(24-34(39)29-9-5-11-31(36)22-29)25-35(40)30-10-6-12-32(37)23-30/h2-16,22-23,26,34-35,39-40H,17-21,24-25H2,1H3/t26-,34-,35-/m1/s1. The van der Waals surface area contributed by atoms with Gasteiger partial charge in [0.1, 0.15) is 12.4 Å². The Hall–Kier alpha value is -2.52. The van der Waals surface area contributed by atoms with Gasteiger partial charge in [-0.1, -0.05) is 98.6 Å². The van der Waals surface area contributed by atoms with Crippen LogP contribution >= 0.6 is 31.9 Å². The van der Waals surface area contributed by atoms with Crippen molar-refractivity contribution in [2.45, 2.75) is 38.0 Å². The van der Waals surface area contributed by atoms with Crippen LogP contribution in [-0.4, -0.2) is 54.1 Å². The zero-order chi connectivity index (χ0) is 29.7. The summed E-state index contributed by atoms with van der Waals surface area (Å²) < 4.78 is 13.5. The fourth-order valence-corrected chi connectivity index (χ4v) is 5.70. The fraction of sp³-hybridized carbons (Fsp3) is 0.314. The number of aliphatic hydroxyl groups excluding tert-OH is 2. The van der Waals surface area contributed by atoms with Gasteiger partial charge in [-0.05, 0) is 78.4 Å². The van der Waals surface area contributed by atoms with Crippen LogP contribution in [0.5, 0.6) is 5.75 Å². The molecule has 0 spiro atoms. The summed E-state index contributed by atoms with van der Waals surface area (Å²) in [6.07, 6.45) is 0.278. The lowest BCUT2D eigenvalue weighted by Crippen LogP contribution is -2.40. The minimum absolute atomic E-state index is 0.0680. The van der Waals surface area contributed by atoms with Crippen LogP contribution in [0.25, 0.3) is 0 Å². The Kier molecular flexibility index (Phi) is 13.1. The van der Waals surface area contributed by atoms with Crippen LogP contribution in [0.4, 0.5) is 0 Å². The van der Waals surface area contributed by atoms with Crippen molar-refractivity contribution in [3.63, 3.8) is 0 Å². The van der Waals surface area contributed by atoms with Gasteiger partial charge in [0.15, 0.2) is 0 Å². The predicted molar refractivity (Wildman–Crippen MR) is 176 cm³/mol. The summed E-state index contributed by atoms with van der Waals surface area (Å²) in [5.74, 6) is 0.810. The maximum atomic E-state index is 11.1. The van der Waals surface area contributed by atoms with E-state index in [0.717, 1.165) is 44.2 Å². The van der Waals surface area contributed by atoms with Crippen LogP contribution in [0.3, 0.4) is 0 Å². The van der Waals surface area contributed by atoms with Crippen LogP contribution in [0.2, 0.25) is 0 Å². The molecule has 0 unspecified atom stereocenters. The Bertz CT molecular complexity index is 1300. The highest BCUT2D eigenvalue weighted by Gasteiger charge is 2.23. The van der Waals surface area contributed by atoms with E-state index in [1.807, 2.05) is 78.9 Å². The summed E-state index contributed by atoms with van der Waals surface area (Å²) in [7, 11) is 0. The highest BCUT2D eigenvalue weighted by Crippen LogP contribution is 2.25. The Balaban J connectivity index is 1.31. The van der Waals surface area contributed by atoms with Crippen LogP contribution in [0.15, 0.2) is 112 Å². The van der Waals surface area contributed by atoms with Gasteiger partial charge < -0.3 is 19.7 Å². The minimum atomic E-state index is -0.689. The molecule has 4 aromatic rings. The lowest BCUT2D eigenvalue weighted by molar-refractivity contribution is 0.0480. The van der Waals surface area contributed by atoms with Gasteiger partial charge in [-0.25, -0.2) is 0 Å². The highest BCUT2D eigenvalue weighted by molar-refractivity contribution is 9.10. The Morgan fingerprint density at radius 3 is 1.83 bits per heavy atom. The van der Waals surface area contributed by atoms with Crippen LogP contribution in [0.1, 0.15) is 41.4 Å². The smallest absolute Gasteiger partial charge is 0.119 e. The number of hydrogen-bond acceptors (Lipinski definition) is 5. The maximum Gasteiger partial charge on any atom is 0.119 e. The molecular weight excluding hydrogens is 658 g/mol. The van der Waals surface area contributed by atoms with Crippen LogP contribution in [0, 0.1) is 0 Å². The van der Waals surface area contributed by atoms with Crippen molar-refractivity contribution in [2.24, 2.45) is 0 Å². The number of rotatable bonds is 16. The monoisotopic (exact) mass is 695 g/mol. The molecule has 0 bridgehead atoms. The largest absolute Gasteiger partial charge is 0.491 e. The second-order valence-electron chi connectivity index (χ2n) is 10.5. The van der Waals surface area contributed by atoms with Crippen LogP contribution < -0.4 is 4.74 Å². The van der Waals surface area contributed by atoms with Crippen molar-refractivity contribution in [2.75, 3.05) is 32.9 Å². The van der Waals surface area contributed by atoms with Crippen molar-refractivity contribution >= 4 is 31.9 Å². The number of ether oxygens (including phenoxy) is 2. The zero-order valence-corrected chi connectivity index (χ0v) is 27.1. The summed E-state index contributed by atoms with van der Waals surface area (Å²) in [6.45, 7) is 4.65. The molecule has 7 heteroatoms. The average Bonchev–Trinajstić information content (AvgIpc) is 2.99. The molecule has 0 aliphatic heterocycles. The number of hydrogen-bond donors (Lipinski definition) is 2. The van der Waals surface area contributed by atoms with Crippen molar-refractivity contribution in [1.82, 2.24) is 4.90 Å². The van der Waals surface area contributed by atoms with E-state index in [4.69, 9.17) is 9.47 Å². The van der Waals surface area contributed by atoms with E-state index in [2.05, 4.69) is 67.9 Å².